The highest BCUT2D eigenvalue weighted by molar-refractivity contribution is 5.57. The minimum Gasteiger partial charge on any atom is -0.450 e. The molecule has 0 fully saturated rings. The molecule has 0 aromatic heterocycles. The predicted molar refractivity (Wildman–Crippen MR) is 55.5 cm³/mol. The van der Waals surface area contributed by atoms with Gasteiger partial charge in [-0.3, -0.25) is 10.1 Å². The Balaban J connectivity index is 2.85. The Labute approximate surface area is 91.6 Å². The van der Waals surface area contributed by atoms with E-state index in [1.54, 1.807) is 25.1 Å². The average Bonchev–Trinajstić information content (AvgIpc) is 2.25. The molecule has 0 saturated carbocycles. The summed E-state index contributed by atoms with van der Waals surface area (Å²) in [4.78, 5) is 20.4. The van der Waals surface area contributed by atoms with E-state index < -0.39 is 11.1 Å². The molecule has 0 aliphatic carbocycles. The Morgan fingerprint density at radius 1 is 1.56 bits per heavy atom. The number of carboxylic acid groups (broad SMARTS) is 1. The van der Waals surface area contributed by atoms with E-state index in [-0.39, 0.29) is 18.2 Å². The van der Waals surface area contributed by atoms with Gasteiger partial charge in [0.25, 0.3) is 5.69 Å². The third-order valence-electron chi connectivity index (χ3n) is 2.12. The lowest BCUT2D eigenvalue weighted by atomic mass is 10.0. The van der Waals surface area contributed by atoms with Crippen LogP contribution in [0.25, 0.3) is 0 Å². The first-order chi connectivity index (χ1) is 7.52. The Hall–Kier alpha value is -2.11. The number of rotatable bonds is 4. The zero-order valence-electron chi connectivity index (χ0n) is 8.62. The van der Waals surface area contributed by atoms with Gasteiger partial charge in [0.15, 0.2) is 0 Å². The van der Waals surface area contributed by atoms with Gasteiger partial charge in [0, 0.05) is 17.5 Å². The van der Waals surface area contributed by atoms with Gasteiger partial charge in [-0.15, -0.1) is 0 Å². The van der Waals surface area contributed by atoms with Gasteiger partial charge in [0.05, 0.1) is 4.92 Å². The van der Waals surface area contributed by atoms with Crippen LogP contribution in [-0.2, 0) is 4.74 Å². The number of hydrogen-bond donors (Lipinski definition) is 1. The summed E-state index contributed by atoms with van der Waals surface area (Å²) in [7, 11) is 0. The maximum Gasteiger partial charge on any atom is 0.505 e. The Kier molecular flexibility index (Phi) is 3.82. The highest BCUT2D eigenvalue weighted by Gasteiger charge is 2.19. The van der Waals surface area contributed by atoms with Crippen molar-refractivity contribution < 1.29 is 19.6 Å². The molecule has 1 aromatic rings. The molecule has 0 spiro atoms. The van der Waals surface area contributed by atoms with E-state index in [0.717, 1.165) is 0 Å². The minimum atomic E-state index is -1.38. The third-order valence-corrected chi connectivity index (χ3v) is 2.12. The summed E-state index contributed by atoms with van der Waals surface area (Å²) in [5, 5.41) is 19.0. The van der Waals surface area contributed by atoms with E-state index in [1.165, 1.54) is 6.07 Å². The van der Waals surface area contributed by atoms with Gasteiger partial charge in [-0.05, 0) is 0 Å². The van der Waals surface area contributed by atoms with Crippen LogP contribution >= 0.6 is 0 Å². The van der Waals surface area contributed by atoms with Gasteiger partial charge in [0.2, 0.25) is 0 Å². The van der Waals surface area contributed by atoms with Crippen molar-refractivity contribution in [2.24, 2.45) is 0 Å². The molecule has 1 aromatic carbocycles. The maximum absolute atomic E-state index is 10.7. The summed E-state index contributed by atoms with van der Waals surface area (Å²) in [6.07, 6.45) is -1.38. The number of hydrogen-bond acceptors (Lipinski definition) is 4. The molecule has 1 N–H and O–H groups in total. The van der Waals surface area contributed by atoms with Gasteiger partial charge < -0.3 is 9.84 Å². The van der Waals surface area contributed by atoms with Gasteiger partial charge in [-0.1, -0.05) is 25.1 Å². The minimum absolute atomic E-state index is 0.0241. The van der Waals surface area contributed by atoms with Crippen molar-refractivity contribution in [1.29, 1.82) is 0 Å². The number of para-hydroxylation sites is 1. The number of benzene rings is 1. The number of ether oxygens (including phenoxy) is 1. The number of nitro groups is 1. The van der Waals surface area contributed by atoms with E-state index in [0.29, 0.717) is 5.56 Å². The second kappa shape index (κ2) is 5.11. The Morgan fingerprint density at radius 2 is 2.19 bits per heavy atom. The summed E-state index contributed by atoms with van der Waals surface area (Å²) in [5.74, 6) is -0.349. The molecular weight excluding hydrogens is 214 g/mol. The lowest BCUT2D eigenvalue weighted by Gasteiger charge is -2.10. The number of carbonyl (C=O) groups is 1. The molecule has 0 aliphatic heterocycles. The standard InChI is InChI=1S/C10H11NO5/c1-7(6-16-10(12)13)8-4-2-3-5-9(8)11(14)15/h2-5,7H,6H2,1H3,(H,12,13). The first-order valence-electron chi connectivity index (χ1n) is 4.61. The quantitative estimate of drug-likeness (QED) is 0.482. The topological polar surface area (TPSA) is 89.7 Å². The molecule has 6 nitrogen and oxygen atoms in total. The van der Waals surface area contributed by atoms with Crippen LogP contribution < -0.4 is 0 Å². The maximum atomic E-state index is 10.7. The van der Waals surface area contributed by atoms with Crippen molar-refractivity contribution in [1.82, 2.24) is 0 Å². The smallest absolute Gasteiger partial charge is 0.450 e. The van der Waals surface area contributed by atoms with Crippen LogP contribution in [0.5, 0.6) is 0 Å². The van der Waals surface area contributed by atoms with Crippen LogP contribution in [0.15, 0.2) is 24.3 Å². The average molecular weight is 225 g/mol. The Morgan fingerprint density at radius 3 is 2.75 bits per heavy atom. The molecule has 86 valence electrons. The SMILES string of the molecule is CC(COC(=O)O)c1ccccc1[N+](=O)[O-]. The monoisotopic (exact) mass is 225 g/mol. The van der Waals surface area contributed by atoms with Gasteiger partial charge >= 0.3 is 6.16 Å². The van der Waals surface area contributed by atoms with Crippen molar-refractivity contribution in [3.05, 3.63) is 39.9 Å². The Bertz CT molecular complexity index is 404. The first-order valence-corrected chi connectivity index (χ1v) is 4.61. The van der Waals surface area contributed by atoms with Crippen LogP contribution in [-0.4, -0.2) is 22.8 Å². The summed E-state index contributed by atoms with van der Waals surface area (Å²) >= 11 is 0. The summed E-state index contributed by atoms with van der Waals surface area (Å²) < 4.78 is 4.39. The highest BCUT2D eigenvalue weighted by Crippen LogP contribution is 2.26. The van der Waals surface area contributed by atoms with Gasteiger partial charge in [-0.2, -0.15) is 0 Å². The van der Waals surface area contributed by atoms with Crippen molar-refractivity contribution in [3.63, 3.8) is 0 Å². The second-order valence-corrected chi connectivity index (χ2v) is 3.29. The molecule has 6 heteroatoms. The van der Waals surface area contributed by atoms with Crippen molar-refractivity contribution in [2.75, 3.05) is 6.61 Å². The lowest BCUT2D eigenvalue weighted by Crippen LogP contribution is -2.10. The van der Waals surface area contributed by atoms with Crippen molar-refractivity contribution in [2.45, 2.75) is 12.8 Å². The molecule has 0 amide bonds. The molecule has 16 heavy (non-hydrogen) atoms. The van der Waals surface area contributed by atoms with Crippen LogP contribution in [0.2, 0.25) is 0 Å². The van der Waals surface area contributed by atoms with Crippen molar-refractivity contribution in [3.8, 4) is 0 Å². The predicted octanol–water partition coefficient (Wildman–Crippen LogP) is 2.39. The van der Waals surface area contributed by atoms with Crippen LogP contribution in [0.1, 0.15) is 18.4 Å². The summed E-state index contributed by atoms with van der Waals surface area (Å²) in [6.45, 7) is 1.57. The molecular formula is C10H11NO5. The van der Waals surface area contributed by atoms with E-state index in [1.807, 2.05) is 0 Å². The third kappa shape index (κ3) is 2.94. The van der Waals surface area contributed by atoms with Gasteiger partial charge in [-0.25, -0.2) is 4.79 Å². The zero-order chi connectivity index (χ0) is 12.1. The van der Waals surface area contributed by atoms with E-state index in [9.17, 15) is 14.9 Å². The normalized spacial score (nSPS) is 11.8. The molecule has 1 unspecified atom stereocenters. The fraction of sp³-hybridized carbons (Fsp3) is 0.300. The largest absolute Gasteiger partial charge is 0.505 e. The molecule has 1 rings (SSSR count). The van der Waals surface area contributed by atoms with E-state index in [4.69, 9.17) is 5.11 Å². The molecule has 0 heterocycles. The molecule has 0 saturated heterocycles. The van der Waals surface area contributed by atoms with Crippen LogP contribution in [0, 0.1) is 10.1 Å². The number of nitro benzene ring substituents is 1. The molecule has 1 atom stereocenters. The van der Waals surface area contributed by atoms with Crippen LogP contribution in [0.4, 0.5) is 10.5 Å². The van der Waals surface area contributed by atoms with E-state index in [2.05, 4.69) is 4.74 Å². The first kappa shape index (κ1) is 12.0. The molecule has 0 aliphatic rings. The highest BCUT2D eigenvalue weighted by atomic mass is 16.7. The fourth-order valence-corrected chi connectivity index (χ4v) is 1.36. The second-order valence-electron chi connectivity index (χ2n) is 3.29. The van der Waals surface area contributed by atoms with Crippen LogP contribution in [0.3, 0.4) is 0 Å². The van der Waals surface area contributed by atoms with Crippen molar-refractivity contribution >= 4 is 11.8 Å². The fourth-order valence-electron chi connectivity index (χ4n) is 1.36. The molecule has 0 radical (unpaired) electrons. The lowest BCUT2D eigenvalue weighted by molar-refractivity contribution is -0.385. The number of nitrogens with zero attached hydrogens (tertiary/aromatic N) is 1. The zero-order valence-corrected chi connectivity index (χ0v) is 8.62. The summed E-state index contributed by atoms with van der Waals surface area (Å²) in [5.41, 5.74) is 0.442. The summed E-state index contributed by atoms with van der Waals surface area (Å²) in [6, 6.07) is 6.20. The molecule has 0 bridgehead atoms. The van der Waals surface area contributed by atoms with Gasteiger partial charge in [0.1, 0.15) is 6.61 Å². The van der Waals surface area contributed by atoms with E-state index >= 15 is 0 Å².